The van der Waals surface area contributed by atoms with Crippen molar-refractivity contribution in [2.75, 3.05) is 13.1 Å². The van der Waals surface area contributed by atoms with E-state index in [2.05, 4.69) is 6.58 Å². The van der Waals surface area contributed by atoms with Gasteiger partial charge in [-0.1, -0.05) is 13.0 Å². The van der Waals surface area contributed by atoms with Crippen LogP contribution in [0.15, 0.2) is 30.9 Å². The van der Waals surface area contributed by atoms with Crippen LogP contribution in [0.25, 0.3) is 0 Å². The summed E-state index contributed by atoms with van der Waals surface area (Å²) in [6, 6.07) is 3.43. The first-order chi connectivity index (χ1) is 9.01. The highest BCUT2D eigenvalue weighted by atomic mass is 16.6. The number of benzene rings is 1. The van der Waals surface area contributed by atoms with E-state index in [-0.39, 0.29) is 17.0 Å². The molecule has 1 rings (SSSR count). The van der Waals surface area contributed by atoms with Crippen LogP contribution in [0.3, 0.4) is 0 Å². The fourth-order valence-corrected chi connectivity index (χ4v) is 1.73. The van der Waals surface area contributed by atoms with E-state index >= 15 is 0 Å². The maximum Gasteiger partial charge on any atom is 0.282 e. The summed E-state index contributed by atoms with van der Waals surface area (Å²) < 4.78 is 0. The lowest BCUT2D eigenvalue weighted by atomic mass is 10.1. The van der Waals surface area contributed by atoms with Gasteiger partial charge < -0.3 is 10.0 Å². The minimum atomic E-state index is -0.634. The van der Waals surface area contributed by atoms with E-state index in [1.807, 2.05) is 6.92 Å². The first-order valence-corrected chi connectivity index (χ1v) is 5.88. The molecule has 6 heteroatoms. The van der Waals surface area contributed by atoms with E-state index in [1.165, 1.54) is 11.0 Å². The molecule has 0 aromatic heterocycles. The van der Waals surface area contributed by atoms with Crippen molar-refractivity contribution < 1.29 is 14.8 Å². The predicted octanol–water partition coefficient (Wildman–Crippen LogP) is 2.34. The Labute approximate surface area is 111 Å². The maximum atomic E-state index is 12.3. The van der Waals surface area contributed by atoms with Crippen molar-refractivity contribution in [3.05, 3.63) is 46.5 Å². The van der Waals surface area contributed by atoms with Gasteiger partial charge in [0, 0.05) is 19.2 Å². The molecule has 102 valence electrons. The summed E-state index contributed by atoms with van der Waals surface area (Å²) in [6.07, 6.45) is 2.29. The molecule has 6 nitrogen and oxygen atoms in total. The van der Waals surface area contributed by atoms with Gasteiger partial charge in [0.1, 0.15) is 11.3 Å². The topological polar surface area (TPSA) is 83.7 Å². The fourth-order valence-electron chi connectivity index (χ4n) is 1.73. The lowest BCUT2D eigenvalue weighted by Gasteiger charge is -2.20. The molecule has 1 N–H and O–H groups in total. The molecule has 1 amide bonds. The van der Waals surface area contributed by atoms with E-state index in [0.717, 1.165) is 18.6 Å². The number of nitro benzene ring substituents is 1. The molecule has 0 spiro atoms. The summed E-state index contributed by atoms with van der Waals surface area (Å²) in [6.45, 7) is 6.23. The summed E-state index contributed by atoms with van der Waals surface area (Å²) >= 11 is 0. The van der Waals surface area contributed by atoms with Crippen molar-refractivity contribution in [2.45, 2.75) is 13.3 Å². The molecule has 1 aromatic carbocycles. The quantitative estimate of drug-likeness (QED) is 0.485. The van der Waals surface area contributed by atoms with Crippen molar-refractivity contribution >= 4 is 11.6 Å². The average molecular weight is 264 g/mol. The number of amides is 1. The van der Waals surface area contributed by atoms with Gasteiger partial charge in [-0.05, 0) is 18.6 Å². The number of nitrogens with zero attached hydrogens (tertiary/aromatic N) is 2. The Hall–Kier alpha value is -2.37. The number of aromatic hydroxyl groups is 1. The monoisotopic (exact) mass is 264 g/mol. The molecule has 0 unspecified atom stereocenters. The van der Waals surface area contributed by atoms with Crippen LogP contribution in [0.1, 0.15) is 23.7 Å². The second kappa shape index (κ2) is 6.53. The third-order valence-corrected chi connectivity index (χ3v) is 2.54. The smallest absolute Gasteiger partial charge is 0.282 e. The summed E-state index contributed by atoms with van der Waals surface area (Å²) in [5.74, 6) is -0.659. The first kappa shape index (κ1) is 14.7. The van der Waals surface area contributed by atoms with Crippen molar-refractivity contribution in [2.24, 2.45) is 0 Å². The molecular weight excluding hydrogens is 248 g/mol. The molecule has 0 aliphatic heterocycles. The fraction of sp³-hybridized carbons (Fsp3) is 0.308. The summed E-state index contributed by atoms with van der Waals surface area (Å²) in [4.78, 5) is 24.0. The van der Waals surface area contributed by atoms with E-state index in [0.29, 0.717) is 13.1 Å². The van der Waals surface area contributed by atoms with Crippen molar-refractivity contribution in [1.82, 2.24) is 4.90 Å². The highest BCUT2D eigenvalue weighted by Gasteiger charge is 2.24. The van der Waals surface area contributed by atoms with E-state index in [1.54, 1.807) is 6.08 Å². The predicted molar refractivity (Wildman–Crippen MR) is 71.2 cm³/mol. The van der Waals surface area contributed by atoms with E-state index in [9.17, 15) is 20.0 Å². The number of carbonyl (C=O) groups is 1. The lowest BCUT2D eigenvalue weighted by Crippen LogP contribution is -2.32. The number of rotatable bonds is 6. The van der Waals surface area contributed by atoms with Crippen molar-refractivity contribution in [3.63, 3.8) is 0 Å². The van der Waals surface area contributed by atoms with Crippen molar-refractivity contribution in [3.8, 4) is 5.75 Å². The van der Waals surface area contributed by atoms with Gasteiger partial charge in [-0.2, -0.15) is 0 Å². The third-order valence-electron chi connectivity index (χ3n) is 2.54. The zero-order valence-electron chi connectivity index (χ0n) is 10.7. The average Bonchev–Trinajstić information content (AvgIpc) is 2.37. The molecule has 1 aromatic rings. The molecule has 0 heterocycles. The highest BCUT2D eigenvalue weighted by Crippen LogP contribution is 2.24. The Morgan fingerprint density at radius 1 is 1.58 bits per heavy atom. The Balaban J connectivity index is 3.18. The van der Waals surface area contributed by atoms with Gasteiger partial charge in [0.05, 0.1) is 4.92 Å². The van der Waals surface area contributed by atoms with Crippen LogP contribution in [0.2, 0.25) is 0 Å². The normalized spacial score (nSPS) is 9.95. The molecule has 0 aliphatic carbocycles. The SMILES string of the molecule is C=CCN(CCC)C(=O)c1cc(O)ccc1[N+](=O)[O-]. The van der Waals surface area contributed by atoms with Crippen LogP contribution in [0.5, 0.6) is 5.75 Å². The molecule has 0 atom stereocenters. The molecule has 0 aliphatic rings. The number of nitro groups is 1. The van der Waals surface area contributed by atoms with Crippen LogP contribution >= 0.6 is 0 Å². The van der Waals surface area contributed by atoms with Crippen LogP contribution in [-0.4, -0.2) is 33.9 Å². The summed E-state index contributed by atoms with van der Waals surface area (Å²) in [5.41, 5.74) is -0.423. The second-order valence-electron chi connectivity index (χ2n) is 4.00. The summed E-state index contributed by atoms with van der Waals surface area (Å²) in [7, 11) is 0. The molecule has 0 saturated carbocycles. The standard InChI is InChI=1S/C13H16N2O4/c1-3-7-14(8-4-2)13(17)11-9-10(16)5-6-12(11)15(18)19/h3,5-6,9,16H,1,4,7-8H2,2H3. The van der Waals surface area contributed by atoms with Crippen molar-refractivity contribution in [1.29, 1.82) is 0 Å². The number of hydrogen-bond donors (Lipinski definition) is 1. The minimum absolute atomic E-state index is 0.111. The molecule has 0 fully saturated rings. The zero-order chi connectivity index (χ0) is 14.4. The van der Waals surface area contributed by atoms with Gasteiger partial charge in [0.15, 0.2) is 0 Å². The Morgan fingerprint density at radius 2 is 2.26 bits per heavy atom. The number of hydrogen-bond acceptors (Lipinski definition) is 4. The lowest BCUT2D eigenvalue weighted by molar-refractivity contribution is -0.385. The molecule has 0 saturated heterocycles. The van der Waals surface area contributed by atoms with E-state index < -0.39 is 10.8 Å². The third kappa shape index (κ3) is 3.54. The van der Waals surface area contributed by atoms with Gasteiger partial charge in [-0.25, -0.2) is 0 Å². The minimum Gasteiger partial charge on any atom is -0.508 e. The molecule has 0 bridgehead atoms. The second-order valence-corrected chi connectivity index (χ2v) is 4.00. The largest absolute Gasteiger partial charge is 0.508 e. The Kier molecular flexibility index (Phi) is 5.05. The summed E-state index contributed by atoms with van der Waals surface area (Å²) in [5, 5.41) is 20.3. The van der Waals surface area contributed by atoms with Gasteiger partial charge in [0.2, 0.25) is 0 Å². The number of phenolic OH excluding ortho intramolecular Hbond substituents is 1. The van der Waals surface area contributed by atoms with Crippen LogP contribution in [-0.2, 0) is 0 Å². The van der Waals surface area contributed by atoms with Gasteiger partial charge in [0.25, 0.3) is 11.6 Å². The highest BCUT2D eigenvalue weighted by molar-refractivity contribution is 5.98. The van der Waals surface area contributed by atoms with E-state index in [4.69, 9.17) is 0 Å². The van der Waals surface area contributed by atoms with Gasteiger partial charge in [-0.15, -0.1) is 6.58 Å². The van der Waals surface area contributed by atoms with Crippen LogP contribution < -0.4 is 0 Å². The number of carbonyl (C=O) groups excluding carboxylic acids is 1. The number of phenols is 1. The molecule has 0 radical (unpaired) electrons. The maximum absolute atomic E-state index is 12.3. The molecular formula is C13H16N2O4. The Bertz CT molecular complexity index is 499. The first-order valence-electron chi connectivity index (χ1n) is 5.88. The zero-order valence-corrected chi connectivity index (χ0v) is 10.7. The van der Waals surface area contributed by atoms with Crippen LogP contribution in [0.4, 0.5) is 5.69 Å². The molecule has 19 heavy (non-hydrogen) atoms. The Morgan fingerprint density at radius 3 is 2.79 bits per heavy atom. The van der Waals surface area contributed by atoms with Gasteiger partial charge >= 0.3 is 0 Å². The van der Waals surface area contributed by atoms with Crippen LogP contribution in [0, 0.1) is 10.1 Å². The van der Waals surface area contributed by atoms with Gasteiger partial charge in [-0.3, -0.25) is 14.9 Å².